The average molecular weight is 385 g/mol. The Hall–Kier alpha value is -0.780. The lowest BCUT2D eigenvalue weighted by Crippen LogP contribution is -2.44. The van der Waals surface area contributed by atoms with Crippen molar-refractivity contribution in [1.29, 1.82) is 0 Å². The van der Waals surface area contributed by atoms with Crippen molar-refractivity contribution in [3.63, 3.8) is 0 Å². The number of carbonyl (C=O) groups is 1. The van der Waals surface area contributed by atoms with Gasteiger partial charge in [0.15, 0.2) is 0 Å². The Labute approximate surface area is 133 Å². The Morgan fingerprint density at radius 2 is 1.95 bits per heavy atom. The van der Waals surface area contributed by atoms with Crippen molar-refractivity contribution >= 4 is 28.5 Å². The molecule has 1 amide bonds. The second-order valence-corrected chi connectivity index (χ2v) is 7.17. The molecule has 0 aromatic heterocycles. The first-order chi connectivity index (χ1) is 9.65. The van der Waals surface area contributed by atoms with Gasteiger partial charge in [-0.2, -0.15) is 0 Å². The monoisotopic (exact) mass is 385 g/mol. The molecule has 1 aliphatic heterocycles. The Bertz CT molecular complexity index is 517. The van der Waals surface area contributed by atoms with Crippen LogP contribution >= 0.6 is 22.6 Å². The van der Waals surface area contributed by atoms with Crippen LogP contribution in [0, 0.1) is 15.4 Å². The van der Waals surface area contributed by atoms with E-state index in [0.29, 0.717) is 11.5 Å². The molecule has 4 heteroatoms. The van der Waals surface area contributed by atoms with Crippen molar-refractivity contribution in [2.45, 2.75) is 32.1 Å². The molecule has 1 saturated carbocycles. The van der Waals surface area contributed by atoms with E-state index >= 15 is 0 Å². The normalized spacial score (nSPS) is 26.1. The maximum atomic E-state index is 12.6. The van der Waals surface area contributed by atoms with Crippen molar-refractivity contribution in [3.8, 4) is 5.75 Å². The van der Waals surface area contributed by atoms with Crippen LogP contribution in [0.3, 0.4) is 0 Å². The zero-order valence-corrected chi connectivity index (χ0v) is 13.7. The zero-order valence-electron chi connectivity index (χ0n) is 11.5. The van der Waals surface area contributed by atoms with Gasteiger partial charge in [0.25, 0.3) is 5.91 Å². The summed E-state index contributed by atoms with van der Waals surface area (Å²) in [5.74, 6) is 1.79. The summed E-state index contributed by atoms with van der Waals surface area (Å²) < 4.78 is 0.783. The highest BCUT2D eigenvalue weighted by Crippen LogP contribution is 2.36. The first-order valence-corrected chi connectivity index (χ1v) is 8.51. The Morgan fingerprint density at radius 1 is 1.20 bits per heavy atom. The number of fused-ring (bicyclic) bond motifs is 1. The Balaban J connectivity index is 1.72. The maximum absolute atomic E-state index is 12.6. The van der Waals surface area contributed by atoms with Gasteiger partial charge >= 0.3 is 0 Å². The van der Waals surface area contributed by atoms with Crippen molar-refractivity contribution < 1.29 is 9.90 Å². The summed E-state index contributed by atoms with van der Waals surface area (Å²) in [6.07, 6.45) is 6.43. The third-order valence-corrected chi connectivity index (χ3v) is 5.68. The molecule has 0 radical (unpaired) electrons. The number of benzene rings is 1. The molecule has 2 aliphatic rings. The smallest absolute Gasteiger partial charge is 0.253 e. The van der Waals surface area contributed by atoms with Gasteiger partial charge in [0.05, 0.1) is 3.57 Å². The minimum absolute atomic E-state index is 0.0701. The van der Waals surface area contributed by atoms with Crippen LogP contribution in [-0.4, -0.2) is 29.0 Å². The van der Waals surface area contributed by atoms with E-state index in [9.17, 15) is 9.90 Å². The van der Waals surface area contributed by atoms with Gasteiger partial charge in [0.1, 0.15) is 5.75 Å². The number of halogens is 1. The summed E-state index contributed by atoms with van der Waals surface area (Å²) in [5.41, 5.74) is 0.608. The SMILES string of the molecule is O=C(c1ccc(I)c(O)c1)N1CCC2CCCCC2C1. The molecular weight excluding hydrogens is 365 g/mol. The molecule has 0 spiro atoms. The number of amides is 1. The third kappa shape index (κ3) is 2.80. The van der Waals surface area contributed by atoms with Gasteiger partial charge in [0, 0.05) is 18.7 Å². The fourth-order valence-electron chi connectivity index (χ4n) is 3.61. The van der Waals surface area contributed by atoms with Gasteiger partial charge in [-0.1, -0.05) is 19.3 Å². The van der Waals surface area contributed by atoms with E-state index < -0.39 is 0 Å². The molecule has 3 nitrogen and oxygen atoms in total. The fourth-order valence-corrected chi connectivity index (χ4v) is 3.95. The highest BCUT2D eigenvalue weighted by Gasteiger charge is 2.33. The fraction of sp³-hybridized carbons (Fsp3) is 0.562. The van der Waals surface area contributed by atoms with E-state index in [1.54, 1.807) is 12.1 Å². The molecule has 2 fully saturated rings. The van der Waals surface area contributed by atoms with Crippen LogP contribution in [0.2, 0.25) is 0 Å². The van der Waals surface area contributed by atoms with Crippen LogP contribution in [0.15, 0.2) is 18.2 Å². The number of piperidine rings is 1. The highest BCUT2D eigenvalue weighted by molar-refractivity contribution is 14.1. The van der Waals surface area contributed by atoms with Gasteiger partial charge in [0.2, 0.25) is 0 Å². The summed E-state index contributed by atoms with van der Waals surface area (Å²) in [7, 11) is 0. The maximum Gasteiger partial charge on any atom is 0.253 e. The second kappa shape index (κ2) is 5.92. The lowest BCUT2D eigenvalue weighted by Gasteiger charge is -2.41. The predicted octanol–water partition coefficient (Wildman–Crippen LogP) is 3.65. The van der Waals surface area contributed by atoms with Crippen LogP contribution in [0.5, 0.6) is 5.75 Å². The molecule has 0 bridgehead atoms. The number of likely N-dealkylation sites (tertiary alicyclic amines) is 1. The van der Waals surface area contributed by atoms with E-state index in [1.807, 2.05) is 11.0 Å². The largest absolute Gasteiger partial charge is 0.507 e. The van der Waals surface area contributed by atoms with Gasteiger partial charge in [-0.3, -0.25) is 4.79 Å². The van der Waals surface area contributed by atoms with E-state index in [1.165, 1.54) is 25.7 Å². The molecule has 2 atom stereocenters. The molecule has 1 aliphatic carbocycles. The summed E-state index contributed by atoms with van der Waals surface area (Å²) >= 11 is 2.07. The summed E-state index contributed by atoms with van der Waals surface area (Å²) in [4.78, 5) is 14.5. The predicted molar refractivity (Wildman–Crippen MR) is 86.8 cm³/mol. The Morgan fingerprint density at radius 3 is 2.70 bits per heavy atom. The molecule has 3 rings (SSSR count). The van der Waals surface area contributed by atoms with E-state index in [2.05, 4.69) is 22.6 Å². The first-order valence-electron chi connectivity index (χ1n) is 7.43. The number of phenolic OH excluding ortho intramolecular Hbond substituents is 1. The number of carbonyl (C=O) groups excluding carboxylic acids is 1. The van der Waals surface area contributed by atoms with Crippen LogP contribution in [0.4, 0.5) is 0 Å². The zero-order chi connectivity index (χ0) is 14.1. The molecular formula is C16H20INO2. The topological polar surface area (TPSA) is 40.5 Å². The van der Waals surface area contributed by atoms with Crippen molar-refractivity contribution in [3.05, 3.63) is 27.3 Å². The summed E-state index contributed by atoms with van der Waals surface area (Å²) in [5, 5.41) is 9.76. The molecule has 1 aromatic rings. The first kappa shape index (κ1) is 14.2. The van der Waals surface area contributed by atoms with Gasteiger partial charge in [-0.25, -0.2) is 0 Å². The van der Waals surface area contributed by atoms with E-state index in [0.717, 1.165) is 29.0 Å². The molecule has 1 aromatic carbocycles. The van der Waals surface area contributed by atoms with Crippen molar-refractivity contribution in [2.24, 2.45) is 11.8 Å². The van der Waals surface area contributed by atoms with E-state index in [-0.39, 0.29) is 11.7 Å². The van der Waals surface area contributed by atoms with Crippen LogP contribution in [0.1, 0.15) is 42.5 Å². The van der Waals surface area contributed by atoms with Crippen molar-refractivity contribution in [2.75, 3.05) is 13.1 Å². The molecule has 2 unspecified atom stereocenters. The van der Waals surface area contributed by atoms with Crippen LogP contribution in [0.25, 0.3) is 0 Å². The number of rotatable bonds is 1. The standard InChI is InChI=1S/C16H20INO2/c17-14-6-5-12(9-15(14)19)16(20)18-8-7-11-3-1-2-4-13(11)10-18/h5-6,9,11,13,19H,1-4,7-8,10H2. The van der Waals surface area contributed by atoms with E-state index in [4.69, 9.17) is 0 Å². The van der Waals surface area contributed by atoms with Crippen LogP contribution < -0.4 is 0 Å². The quantitative estimate of drug-likeness (QED) is 0.750. The number of hydrogen-bond donors (Lipinski definition) is 1. The minimum Gasteiger partial charge on any atom is -0.507 e. The Kier molecular flexibility index (Phi) is 4.19. The number of nitrogens with zero attached hydrogens (tertiary/aromatic N) is 1. The third-order valence-electron chi connectivity index (χ3n) is 4.77. The number of hydrogen-bond acceptors (Lipinski definition) is 2. The number of phenols is 1. The van der Waals surface area contributed by atoms with Gasteiger partial charge < -0.3 is 10.0 Å². The van der Waals surface area contributed by atoms with Gasteiger partial charge in [-0.15, -0.1) is 0 Å². The molecule has 108 valence electrons. The molecule has 1 heterocycles. The lowest BCUT2D eigenvalue weighted by molar-refractivity contribution is 0.0520. The average Bonchev–Trinajstić information content (AvgIpc) is 2.49. The summed E-state index contributed by atoms with van der Waals surface area (Å²) in [6.45, 7) is 1.77. The minimum atomic E-state index is 0.0701. The molecule has 1 N–H and O–H groups in total. The molecule has 1 saturated heterocycles. The second-order valence-electron chi connectivity index (χ2n) is 6.01. The molecule has 20 heavy (non-hydrogen) atoms. The van der Waals surface area contributed by atoms with Gasteiger partial charge in [-0.05, 0) is 65.5 Å². The van der Waals surface area contributed by atoms with Crippen LogP contribution in [-0.2, 0) is 0 Å². The summed E-state index contributed by atoms with van der Waals surface area (Å²) in [6, 6.07) is 5.21. The van der Waals surface area contributed by atoms with Crippen molar-refractivity contribution in [1.82, 2.24) is 4.90 Å². The lowest BCUT2D eigenvalue weighted by atomic mass is 9.75. The highest BCUT2D eigenvalue weighted by atomic mass is 127. The number of aromatic hydroxyl groups is 1.